The fourth-order valence-electron chi connectivity index (χ4n) is 3.52. The van der Waals surface area contributed by atoms with Gasteiger partial charge in [0.1, 0.15) is 5.75 Å². The maximum atomic E-state index is 11.9. The van der Waals surface area contributed by atoms with Gasteiger partial charge in [0.25, 0.3) is 0 Å². The van der Waals surface area contributed by atoms with Crippen LogP contribution in [0.1, 0.15) is 26.3 Å². The van der Waals surface area contributed by atoms with Gasteiger partial charge in [-0.2, -0.15) is 0 Å². The largest absolute Gasteiger partial charge is 0.427 e. The number of carbonyl (C=O) groups excluding carboxylic acids is 3. The van der Waals surface area contributed by atoms with E-state index in [1.165, 1.54) is 25.7 Å². The summed E-state index contributed by atoms with van der Waals surface area (Å²) in [6.45, 7) is 6.00. The molecule has 2 aromatic carbocycles. The first-order valence-corrected chi connectivity index (χ1v) is 8.23. The molecule has 0 radical (unpaired) electrons. The summed E-state index contributed by atoms with van der Waals surface area (Å²) in [5.41, 5.74) is 3.29. The standard InChI is InChI=1S/C20H20N2O4/c1-11-18(22(12(2)23)13(3)24)9-7-16-17-10-15(26-14(4)25)6-8-19(17)21(5)20(11)16/h6-10H,1-5H3. The summed E-state index contributed by atoms with van der Waals surface area (Å²) in [4.78, 5) is 36.3. The third kappa shape index (κ3) is 2.73. The van der Waals surface area contributed by atoms with Gasteiger partial charge in [-0.25, -0.2) is 0 Å². The number of aryl methyl sites for hydroxylation is 2. The van der Waals surface area contributed by atoms with Crippen molar-refractivity contribution in [2.45, 2.75) is 27.7 Å². The molecule has 3 rings (SSSR count). The Morgan fingerprint density at radius 3 is 2.19 bits per heavy atom. The molecule has 0 spiro atoms. The summed E-state index contributed by atoms with van der Waals surface area (Å²) >= 11 is 0. The molecular formula is C20H20N2O4. The molecule has 6 heteroatoms. The highest BCUT2D eigenvalue weighted by Crippen LogP contribution is 2.36. The Labute approximate surface area is 150 Å². The average molecular weight is 352 g/mol. The molecule has 6 nitrogen and oxygen atoms in total. The Morgan fingerprint density at radius 2 is 1.62 bits per heavy atom. The number of amides is 2. The molecule has 0 unspecified atom stereocenters. The van der Waals surface area contributed by atoms with E-state index in [0.29, 0.717) is 11.4 Å². The molecule has 0 N–H and O–H groups in total. The van der Waals surface area contributed by atoms with Crippen LogP contribution in [-0.4, -0.2) is 22.4 Å². The highest BCUT2D eigenvalue weighted by atomic mass is 16.5. The number of carbonyl (C=O) groups is 3. The van der Waals surface area contributed by atoms with Gasteiger partial charge < -0.3 is 9.30 Å². The summed E-state index contributed by atoms with van der Waals surface area (Å²) < 4.78 is 7.20. The first-order chi connectivity index (χ1) is 12.2. The van der Waals surface area contributed by atoms with E-state index in [2.05, 4.69) is 0 Å². The lowest BCUT2D eigenvalue weighted by molar-refractivity contribution is -0.132. The maximum Gasteiger partial charge on any atom is 0.308 e. The minimum atomic E-state index is -0.374. The van der Waals surface area contributed by atoms with Crippen molar-refractivity contribution in [3.8, 4) is 5.75 Å². The van der Waals surface area contributed by atoms with Crippen LogP contribution in [0.3, 0.4) is 0 Å². The van der Waals surface area contributed by atoms with Gasteiger partial charge in [-0.15, -0.1) is 0 Å². The highest BCUT2D eigenvalue weighted by molar-refractivity contribution is 6.17. The van der Waals surface area contributed by atoms with Crippen LogP contribution in [0.5, 0.6) is 5.75 Å². The molecule has 0 saturated heterocycles. The molecular weight excluding hydrogens is 332 g/mol. The normalized spacial score (nSPS) is 11.0. The fourth-order valence-corrected chi connectivity index (χ4v) is 3.52. The highest BCUT2D eigenvalue weighted by Gasteiger charge is 2.21. The molecule has 0 aliphatic rings. The monoisotopic (exact) mass is 352 g/mol. The summed E-state index contributed by atoms with van der Waals surface area (Å²) in [7, 11) is 1.93. The molecule has 1 aromatic heterocycles. The van der Waals surface area contributed by atoms with E-state index in [1.54, 1.807) is 12.1 Å². The zero-order chi connectivity index (χ0) is 19.2. The summed E-state index contributed by atoms with van der Waals surface area (Å²) in [5.74, 6) is -0.540. The van der Waals surface area contributed by atoms with E-state index >= 15 is 0 Å². The van der Waals surface area contributed by atoms with E-state index < -0.39 is 0 Å². The molecule has 0 fully saturated rings. The Bertz CT molecular complexity index is 1060. The van der Waals surface area contributed by atoms with Crippen molar-refractivity contribution in [3.63, 3.8) is 0 Å². The minimum absolute atomic E-state index is 0.323. The predicted molar refractivity (Wildman–Crippen MR) is 100 cm³/mol. The Kier molecular flexibility index (Phi) is 4.28. The lowest BCUT2D eigenvalue weighted by Gasteiger charge is -2.20. The number of nitrogens with zero attached hydrogens (tertiary/aromatic N) is 2. The Morgan fingerprint density at radius 1 is 0.962 bits per heavy atom. The van der Waals surface area contributed by atoms with Crippen LogP contribution in [0.4, 0.5) is 5.69 Å². The van der Waals surface area contributed by atoms with E-state index in [4.69, 9.17) is 4.74 Å². The van der Waals surface area contributed by atoms with Crippen LogP contribution in [0.15, 0.2) is 30.3 Å². The average Bonchev–Trinajstić information content (AvgIpc) is 2.81. The third-order valence-corrected chi connectivity index (χ3v) is 4.49. The summed E-state index contributed by atoms with van der Waals surface area (Å²) in [6, 6.07) is 9.12. The van der Waals surface area contributed by atoms with E-state index in [0.717, 1.165) is 27.4 Å². The molecule has 0 aliphatic heterocycles. The number of benzene rings is 2. The van der Waals surface area contributed by atoms with Crippen molar-refractivity contribution in [1.29, 1.82) is 0 Å². The van der Waals surface area contributed by atoms with Crippen molar-refractivity contribution >= 4 is 45.3 Å². The van der Waals surface area contributed by atoms with Crippen LogP contribution in [0.25, 0.3) is 21.8 Å². The molecule has 134 valence electrons. The van der Waals surface area contributed by atoms with Gasteiger partial charge >= 0.3 is 5.97 Å². The summed E-state index contributed by atoms with van der Waals surface area (Å²) in [5, 5.41) is 1.90. The van der Waals surface area contributed by atoms with Gasteiger partial charge in [0, 0.05) is 44.1 Å². The second-order valence-electron chi connectivity index (χ2n) is 6.31. The number of rotatable bonds is 2. The molecule has 1 heterocycles. The van der Waals surface area contributed by atoms with Crippen molar-refractivity contribution in [1.82, 2.24) is 4.57 Å². The Hall–Kier alpha value is -3.15. The molecule has 0 atom stereocenters. The number of esters is 1. The van der Waals surface area contributed by atoms with Crippen molar-refractivity contribution in [2.75, 3.05) is 4.90 Å². The third-order valence-electron chi connectivity index (χ3n) is 4.49. The topological polar surface area (TPSA) is 68.6 Å². The zero-order valence-electron chi connectivity index (χ0n) is 15.4. The molecule has 0 saturated carbocycles. The van der Waals surface area contributed by atoms with E-state index in [1.807, 2.05) is 36.7 Å². The fraction of sp³-hybridized carbons (Fsp3) is 0.250. The minimum Gasteiger partial charge on any atom is -0.427 e. The Balaban J connectivity index is 2.31. The molecule has 0 aliphatic carbocycles. The SMILES string of the molecule is CC(=O)Oc1ccc2c(c1)c1ccc(N(C(C)=O)C(C)=O)c(C)c1n2C. The second-order valence-corrected chi connectivity index (χ2v) is 6.31. The van der Waals surface area contributed by atoms with Crippen LogP contribution in [0, 0.1) is 6.92 Å². The zero-order valence-corrected chi connectivity index (χ0v) is 15.4. The predicted octanol–water partition coefficient (Wildman–Crippen LogP) is 3.46. The van der Waals surface area contributed by atoms with E-state index in [-0.39, 0.29) is 17.8 Å². The lowest BCUT2D eigenvalue weighted by atomic mass is 10.1. The van der Waals surface area contributed by atoms with Gasteiger partial charge in [0.05, 0.1) is 11.2 Å². The molecule has 26 heavy (non-hydrogen) atoms. The molecule has 2 amide bonds. The number of aromatic nitrogens is 1. The van der Waals surface area contributed by atoms with Gasteiger partial charge in [-0.05, 0) is 36.8 Å². The van der Waals surface area contributed by atoms with E-state index in [9.17, 15) is 14.4 Å². The quantitative estimate of drug-likeness (QED) is 0.523. The van der Waals surface area contributed by atoms with Crippen LogP contribution >= 0.6 is 0 Å². The van der Waals surface area contributed by atoms with Crippen molar-refractivity contribution in [3.05, 3.63) is 35.9 Å². The molecule has 0 bridgehead atoms. The number of anilines is 1. The van der Waals surface area contributed by atoms with Gasteiger partial charge in [-0.3, -0.25) is 19.3 Å². The second kappa shape index (κ2) is 6.29. The maximum absolute atomic E-state index is 11.9. The van der Waals surface area contributed by atoms with Gasteiger partial charge in [0.2, 0.25) is 11.8 Å². The van der Waals surface area contributed by atoms with Gasteiger partial charge in [-0.1, -0.05) is 6.07 Å². The van der Waals surface area contributed by atoms with Crippen LogP contribution in [-0.2, 0) is 21.4 Å². The number of hydrogen-bond acceptors (Lipinski definition) is 4. The van der Waals surface area contributed by atoms with Crippen molar-refractivity contribution in [2.24, 2.45) is 7.05 Å². The first kappa shape index (κ1) is 17.7. The lowest BCUT2D eigenvalue weighted by Crippen LogP contribution is -2.33. The van der Waals surface area contributed by atoms with Crippen LogP contribution in [0.2, 0.25) is 0 Å². The van der Waals surface area contributed by atoms with Crippen LogP contribution < -0.4 is 9.64 Å². The van der Waals surface area contributed by atoms with Crippen molar-refractivity contribution < 1.29 is 19.1 Å². The first-order valence-electron chi connectivity index (χ1n) is 8.23. The number of fused-ring (bicyclic) bond motifs is 3. The number of imide groups is 1. The smallest absolute Gasteiger partial charge is 0.308 e. The number of hydrogen-bond donors (Lipinski definition) is 0. The molecule has 3 aromatic rings. The summed E-state index contributed by atoms with van der Waals surface area (Å²) in [6.07, 6.45) is 0. The number of ether oxygens (including phenoxy) is 1. The van der Waals surface area contributed by atoms with Gasteiger partial charge in [0.15, 0.2) is 0 Å².